The van der Waals surface area contributed by atoms with Crippen LogP contribution in [0.1, 0.15) is 12.0 Å². The fraction of sp³-hybridized carbons (Fsp3) is 0.182. The van der Waals surface area contributed by atoms with E-state index in [0.717, 1.165) is 0 Å². The van der Waals surface area contributed by atoms with Crippen LogP contribution in [-0.4, -0.2) is 12.0 Å². The molecule has 0 N–H and O–H groups in total. The van der Waals surface area contributed by atoms with Crippen molar-refractivity contribution in [2.45, 2.75) is 6.42 Å². The van der Waals surface area contributed by atoms with Crippen LogP contribution in [0, 0.1) is 33.3 Å². The standard InChI is InChI=1S/C11H8N2O3/c1-16-11-8-10(13(14)15)6-5-9(11)4-2-3-7-12/h5-6,8H,3H2,1H3. The van der Waals surface area contributed by atoms with Crippen LogP contribution < -0.4 is 4.74 Å². The molecule has 0 spiro atoms. The minimum absolute atomic E-state index is 0.0531. The van der Waals surface area contributed by atoms with E-state index in [1.165, 1.54) is 25.3 Å². The molecule has 0 aliphatic rings. The van der Waals surface area contributed by atoms with Crippen LogP contribution in [0.5, 0.6) is 5.75 Å². The highest BCUT2D eigenvalue weighted by molar-refractivity contribution is 5.52. The Bertz CT molecular complexity index is 506. The maximum Gasteiger partial charge on any atom is 0.273 e. The number of hydrogen-bond acceptors (Lipinski definition) is 4. The van der Waals surface area contributed by atoms with Gasteiger partial charge in [0.15, 0.2) is 0 Å². The molecule has 5 heteroatoms. The number of nitro benzene ring substituents is 1. The summed E-state index contributed by atoms with van der Waals surface area (Å²) in [7, 11) is 1.41. The molecule has 0 atom stereocenters. The molecule has 0 aliphatic heterocycles. The average molecular weight is 216 g/mol. The van der Waals surface area contributed by atoms with Gasteiger partial charge in [0, 0.05) is 6.07 Å². The van der Waals surface area contributed by atoms with Crippen LogP contribution >= 0.6 is 0 Å². The Morgan fingerprint density at radius 3 is 2.88 bits per heavy atom. The first-order valence-electron chi connectivity index (χ1n) is 4.37. The van der Waals surface area contributed by atoms with Gasteiger partial charge in [-0.2, -0.15) is 5.26 Å². The summed E-state index contributed by atoms with van der Waals surface area (Å²) in [4.78, 5) is 10.0. The predicted octanol–water partition coefficient (Wildman–Crippen LogP) is 1.87. The topological polar surface area (TPSA) is 76.2 Å². The third-order valence-electron chi connectivity index (χ3n) is 1.79. The quantitative estimate of drug-likeness (QED) is 0.429. The highest BCUT2D eigenvalue weighted by Gasteiger charge is 2.09. The molecule has 1 aromatic rings. The fourth-order valence-corrected chi connectivity index (χ4v) is 1.08. The monoisotopic (exact) mass is 216 g/mol. The summed E-state index contributed by atoms with van der Waals surface area (Å²) in [6.45, 7) is 0. The number of nitriles is 1. The van der Waals surface area contributed by atoms with Gasteiger partial charge >= 0.3 is 0 Å². The molecule has 0 saturated heterocycles. The van der Waals surface area contributed by atoms with Gasteiger partial charge in [-0.05, 0) is 6.07 Å². The summed E-state index contributed by atoms with van der Waals surface area (Å²) >= 11 is 0. The Morgan fingerprint density at radius 1 is 1.56 bits per heavy atom. The first kappa shape index (κ1) is 11.5. The minimum atomic E-state index is -0.505. The molecule has 0 fully saturated rings. The van der Waals surface area contributed by atoms with Crippen LogP contribution in [0.15, 0.2) is 18.2 Å². The van der Waals surface area contributed by atoms with Gasteiger partial charge in [0.1, 0.15) is 5.75 Å². The van der Waals surface area contributed by atoms with Gasteiger partial charge in [0.05, 0.1) is 36.2 Å². The SMILES string of the molecule is COc1cc([N+](=O)[O-])ccc1C#CCC#N. The molecule has 1 aromatic carbocycles. The number of ether oxygens (including phenoxy) is 1. The predicted molar refractivity (Wildman–Crippen MR) is 56.8 cm³/mol. The molecule has 0 aliphatic carbocycles. The maximum absolute atomic E-state index is 10.5. The van der Waals surface area contributed by atoms with Crippen molar-refractivity contribution in [2.24, 2.45) is 0 Å². The summed E-state index contributed by atoms with van der Waals surface area (Å²) in [6.07, 6.45) is 0.111. The second-order valence-corrected chi connectivity index (χ2v) is 2.78. The molecule has 0 saturated carbocycles. The van der Waals surface area contributed by atoms with Crippen LogP contribution in [0.25, 0.3) is 0 Å². The molecule has 0 unspecified atom stereocenters. The Balaban J connectivity index is 3.09. The molecule has 5 nitrogen and oxygen atoms in total. The van der Waals surface area contributed by atoms with Crippen LogP contribution in [0.3, 0.4) is 0 Å². The third-order valence-corrected chi connectivity index (χ3v) is 1.79. The van der Waals surface area contributed by atoms with E-state index in [1.54, 1.807) is 0 Å². The van der Waals surface area contributed by atoms with Crippen molar-refractivity contribution < 1.29 is 9.66 Å². The number of hydrogen-bond donors (Lipinski definition) is 0. The Hall–Kier alpha value is -2.53. The van der Waals surface area contributed by atoms with Gasteiger partial charge in [-0.1, -0.05) is 11.8 Å². The number of non-ortho nitro benzene ring substituents is 1. The van der Waals surface area contributed by atoms with Crippen molar-refractivity contribution >= 4 is 5.69 Å². The lowest BCUT2D eigenvalue weighted by molar-refractivity contribution is -0.384. The van der Waals surface area contributed by atoms with Crippen LogP contribution in [0.4, 0.5) is 5.69 Å². The van der Waals surface area contributed by atoms with E-state index >= 15 is 0 Å². The number of methoxy groups -OCH3 is 1. The molecular weight excluding hydrogens is 208 g/mol. The van der Waals surface area contributed by atoms with Crippen molar-refractivity contribution in [3.05, 3.63) is 33.9 Å². The highest BCUT2D eigenvalue weighted by atomic mass is 16.6. The van der Waals surface area contributed by atoms with Gasteiger partial charge < -0.3 is 4.74 Å². The average Bonchev–Trinajstić information content (AvgIpc) is 2.29. The second kappa shape index (κ2) is 5.38. The van der Waals surface area contributed by atoms with E-state index in [2.05, 4.69) is 11.8 Å². The Kier molecular flexibility index (Phi) is 3.88. The summed E-state index contributed by atoms with van der Waals surface area (Å²) in [5.74, 6) is 5.66. The number of benzene rings is 1. The summed E-state index contributed by atoms with van der Waals surface area (Å²) in [5.41, 5.74) is 0.478. The zero-order valence-corrected chi connectivity index (χ0v) is 8.56. The molecule has 0 amide bonds. The fourth-order valence-electron chi connectivity index (χ4n) is 1.08. The lowest BCUT2D eigenvalue weighted by Gasteiger charge is -2.01. The van der Waals surface area contributed by atoms with Crippen LogP contribution in [0.2, 0.25) is 0 Å². The van der Waals surface area contributed by atoms with E-state index in [-0.39, 0.29) is 12.1 Å². The summed E-state index contributed by atoms with van der Waals surface area (Å²) < 4.78 is 4.98. The van der Waals surface area contributed by atoms with Crippen molar-refractivity contribution in [1.82, 2.24) is 0 Å². The van der Waals surface area contributed by atoms with E-state index in [0.29, 0.717) is 11.3 Å². The second-order valence-electron chi connectivity index (χ2n) is 2.78. The van der Waals surface area contributed by atoms with Gasteiger partial charge in [0.2, 0.25) is 0 Å². The Labute approximate surface area is 92.4 Å². The van der Waals surface area contributed by atoms with E-state index < -0.39 is 4.92 Å². The first-order valence-corrected chi connectivity index (χ1v) is 4.37. The number of nitrogens with zero attached hydrogens (tertiary/aromatic N) is 2. The summed E-state index contributed by atoms with van der Waals surface area (Å²) in [6, 6.07) is 6.03. The third kappa shape index (κ3) is 2.73. The largest absolute Gasteiger partial charge is 0.495 e. The van der Waals surface area contributed by atoms with Gasteiger partial charge in [-0.15, -0.1) is 0 Å². The molecule has 0 heterocycles. The highest BCUT2D eigenvalue weighted by Crippen LogP contribution is 2.23. The molecule has 0 bridgehead atoms. The smallest absolute Gasteiger partial charge is 0.273 e. The lowest BCUT2D eigenvalue weighted by atomic mass is 10.2. The molecular formula is C11H8N2O3. The normalized spacial score (nSPS) is 8.50. The maximum atomic E-state index is 10.5. The molecule has 0 radical (unpaired) electrons. The number of nitro groups is 1. The van der Waals surface area contributed by atoms with E-state index in [9.17, 15) is 10.1 Å². The Morgan fingerprint density at radius 2 is 2.31 bits per heavy atom. The van der Waals surface area contributed by atoms with Gasteiger partial charge in [-0.25, -0.2) is 0 Å². The van der Waals surface area contributed by atoms with Gasteiger partial charge in [-0.3, -0.25) is 10.1 Å². The number of rotatable bonds is 2. The zero-order valence-electron chi connectivity index (χ0n) is 8.56. The van der Waals surface area contributed by atoms with Gasteiger partial charge in [0.25, 0.3) is 5.69 Å². The lowest BCUT2D eigenvalue weighted by Crippen LogP contribution is -1.92. The summed E-state index contributed by atoms with van der Waals surface area (Å²) in [5, 5.41) is 18.8. The van der Waals surface area contributed by atoms with Crippen molar-refractivity contribution in [3.8, 4) is 23.7 Å². The molecule has 1 rings (SSSR count). The zero-order chi connectivity index (χ0) is 12.0. The van der Waals surface area contributed by atoms with Crippen LogP contribution in [-0.2, 0) is 0 Å². The first-order chi connectivity index (χ1) is 7.69. The molecule has 0 aromatic heterocycles. The minimum Gasteiger partial charge on any atom is -0.495 e. The van der Waals surface area contributed by atoms with E-state index in [4.69, 9.17) is 10.00 Å². The van der Waals surface area contributed by atoms with Crippen molar-refractivity contribution in [1.29, 1.82) is 5.26 Å². The molecule has 16 heavy (non-hydrogen) atoms. The van der Waals surface area contributed by atoms with Crippen molar-refractivity contribution in [3.63, 3.8) is 0 Å². The van der Waals surface area contributed by atoms with E-state index in [1.807, 2.05) is 6.07 Å². The molecule has 80 valence electrons. The van der Waals surface area contributed by atoms with Crippen molar-refractivity contribution in [2.75, 3.05) is 7.11 Å².